The lowest BCUT2D eigenvalue weighted by atomic mass is 10.0. The molecule has 2 N–H and O–H groups in total. The second-order valence-electron chi connectivity index (χ2n) is 3.35. The van der Waals surface area contributed by atoms with Crippen molar-refractivity contribution >= 4 is 29.1 Å². The zero-order chi connectivity index (χ0) is 11.7. The van der Waals surface area contributed by atoms with Crippen LogP contribution in [0, 0.1) is 0 Å². The Kier molecular flexibility index (Phi) is 3.08. The molecule has 0 aliphatic rings. The fraction of sp³-hybridized carbons (Fsp3) is 0.182. The highest BCUT2D eigenvalue weighted by molar-refractivity contribution is 6.42. The molecule has 0 aliphatic carbocycles. The molecule has 16 heavy (non-hydrogen) atoms. The standard InChI is InChI=1S/C11H10Cl2N2O/c1-2-9-10(11(14)16-15-9)6-3-4-7(12)8(13)5-6/h3-5H,2,14H2,1H3. The van der Waals surface area contributed by atoms with Gasteiger partial charge in [-0.25, -0.2) is 0 Å². The van der Waals surface area contributed by atoms with Crippen molar-refractivity contribution in [1.82, 2.24) is 5.16 Å². The van der Waals surface area contributed by atoms with Crippen molar-refractivity contribution in [1.29, 1.82) is 0 Å². The summed E-state index contributed by atoms with van der Waals surface area (Å²) in [6.07, 6.45) is 0.746. The van der Waals surface area contributed by atoms with Gasteiger partial charge < -0.3 is 10.3 Å². The summed E-state index contributed by atoms with van der Waals surface area (Å²) >= 11 is 11.8. The molecule has 0 atom stereocenters. The fourth-order valence-corrected chi connectivity index (χ4v) is 1.84. The molecule has 1 aromatic carbocycles. The third-order valence-corrected chi connectivity index (χ3v) is 3.07. The number of benzene rings is 1. The lowest BCUT2D eigenvalue weighted by molar-refractivity contribution is 0.428. The summed E-state index contributed by atoms with van der Waals surface area (Å²) in [5.74, 6) is 0.301. The lowest BCUT2D eigenvalue weighted by Crippen LogP contribution is -1.89. The minimum Gasteiger partial charge on any atom is -0.367 e. The molecule has 0 unspecified atom stereocenters. The van der Waals surface area contributed by atoms with E-state index in [1.54, 1.807) is 12.1 Å². The van der Waals surface area contributed by atoms with Crippen molar-refractivity contribution in [2.45, 2.75) is 13.3 Å². The van der Waals surface area contributed by atoms with Crippen LogP contribution in [0.1, 0.15) is 12.6 Å². The van der Waals surface area contributed by atoms with Gasteiger partial charge in [-0.05, 0) is 24.1 Å². The summed E-state index contributed by atoms with van der Waals surface area (Å²) < 4.78 is 4.96. The highest BCUT2D eigenvalue weighted by atomic mass is 35.5. The number of nitrogens with two attached hydrogens (primary N) is 1. The van der Waals surface area contributed by atoms with E-state index >= 15 is 0 Å². The Morgan fingerprint density at radius 2 is 2.06 bits per heavy atom. The Labute approximate surface area is 103 Å². The predicted molar refractivity (Wildman–Crippen MR) is 65.7 cm³/mol. The van der Waals surface area contributed by atoms with Gasteiger partial charge in [-0.3, -0.25) is 0 Å². The number of aryl methyl sites for hydroxylation is 1. The fourth-order valence-electron chi connectivity index (χ4n) is 1.54. The van der Waals surface area contributed by atoms with Gasteiger partial charge in [0.05, 0.1) is 21.3 Å². The smallest absolute Gasteiger partial charge is 0.230 e. The number of hydrogen-bond acceptors (Lipinski definition) is 3. The number of rotatable bonds is 2. The number of halogens is 2. The number of nitrogen functional groups attached to an aromatic ring is 1. The summed E-state index contributed by atoms with van der Waals surface area (Å²) in [5.41, 5.74) is 8.21. The first-order chi connectivity index (χ1) is 7.63. The minimum atomic E-state index is 0.301. The summed E-state index contributed by atoms with van der Waals surface area (Å²) in [5, 5.41) is 4.89. The highest BCUT2D eigenvalue weighted by Gasteiger charge is 2.15. The second-order valence-corrected chi connectivity index (χ2v) is 4.17. The van der Waals surface area contributed by atoms with E-state index in [0.29, 0.717) is 15.9 Å². The van der Waals surface area contributed by atoms with E-state index in [4.69, 9.17) is 33.5 Å². The molecule has 3 nitrogen and oxygen atoms in total. The maximum atomic E-state index is 5.95. The molecule has 1 heterocycles. The van der Waals surface area contributed by atoms with Gasteiger partial charge in [0.2, 0.25) is 5.88 Å². The van der Waals surface area contributed by atoms with Gasteiger partial charge in [0, 0.05) is 0 Å². The van der Waals surface area contributed by atoms with Crippen LogP contribution in [-0.4, -0.2) is 5.16 Å². The first-order valence-corrected chi connectivity index (χ1v) is 5.58. The topological polar surface area (TPSA) is 52.0 Å². The van der Waals surface area contributed by atoms with Crippen LogP contribution in [-0.2, 0) is 6.42 Å². The van der Waals surface area contributed by atoms with E-state index in [0.717, 1.165) is 23.2 Å². The van der Waals surface area contributed by atoms with Crippen molar-refractivity contribution in [3.05, 3.63) is 33.9 Å². The van der Waals surface area contributed by atoms with E-state index in [-0.39, 0.29) is 0 Å². The van der Waals surface area contributed by atoms with Crippen LogP contribution in [0.15, 0.2) is 22.7 Å². The van der Waals surface area contributed by atoms with Gasteiger partial charge >= 0.3 is 0 Å². The van der Waals surface area contributed by atoms with E-state index < -0.39 is 0 Å². The van der Waals surface area contributed by atoms with Gasteiger partial charge in [-0.15, -0.1) is 0 Å². The van der Waals surface area contributed by atoms with Crippen LogP contribution in [0.5, 0.6) is 0 Å². The molecule has 5 heteroatoms. The Morgan fingerprint density at radius 3 is 2.69 bits per heavy atom. The molecular formula is C11H10Cl2N2O. The van der Waals surface area contributed by atoms with Crippen LogP contribution in [0.2, 0.25) is 10.0 Å². The van der Waals surface area contributed by atoms with Crippen molar-refractivity contribution in [3.63, 3.8) is 0 Å². The first kappa shape index (κ1) is 11.3. The van der Waals surface area contributed by atoms with Crippen LogP contribution in [0.4, 0.5) is 5.88 Å². The summed E-state index contributed by atoms with van der Waals surface area (Å²) in [4.78, 5) is 0. The lowest BCUT2D eigenvalue weighted by Gasteiger charge is -2.02. The molecule has 0 saturated carbocycles. The normalized spacial score (nSPS) is 10.7. The maximum Gasteiger partial charge on any atom is 0.230 e. The Balaban J connectivity index is 2.57. The molecular weight excluding hydrogens is 247 g/mol. The van der Waals surface area contributed by atoms with Crippen molar-refractivity contribution < 1.29 is 4.52 Å². The molecule has 0 amide bonds. The Morgan fingerprint density at radius 1 is 1.31 bits per heavy atom. The van der Waals surface area contributed by atoms with Crippen molar-refractivity contribution in [2.24, 2.45) is 0 Å². The third kappa shape index (κ3) is 1.88. The molecule has 0 bridgehead atoms. The predicted octanol–water partition coefficient (Wildman–Crippen LogP) is 3.79. The van der Waals surface area contributed by atoms with E-state index in [2.05, 4.69) is 5.16 Å². The average molecular weight is 257 g/mol. The quantitative estimate of drug-likeness (QED) is 0.890. The number of hydrogen-bond donors (Lipinski definition) is 1. The van der Waals surface area contributed by atoms with Crippen molar-refractivity contribution in [3.8, 4) is 11.1 Å². The van der Waals surface area contributed by atoms with E-state index in [1.165, 1.54) is 0 Å². The molecule has 2 rings (SSSR count). The molecule has 2 aromatic rings. The van der Waals surface area contributed by atoms with Crippen molar-refractivity contribution in [2.75, 3.05) is 5.73 Å². The number of anilines is 1. The number of aromatic nitrogens is 1. The summed E-state index contributed by atoms with van der Waals surface area (Å²) in [6, 6.07) is 5.33. The molecule has 0 saturated heterocycles. The molecule has 0 aliphatic heterocycles. The van der Waals surface area contributed by atoms with E-state index in [1.807, 2.05) is 13.0 Å². The minimum absolute atomic E-state index is 0.301. The van der Waals surface area contributed by atoms with Crippen LogP contribution >= 0.6 is 23.2 Å². The van der Waals surface area contributed by atoms with Gasteiger partial charge in [-0.1, -0.05) is 41.3 Å². The maximum absolute atomic E-state index is 5.95. The second kappa shape index (κ2) is 4.36. The largest absolute Gasteiger partial charge is 0.367 e. The van der Waals surface area contributed by atoms with Gasteiger partial charge in [0.15, 0.2) is 0 Å². The molecule has 84 valence electrons. The number of nitrogens with zero attached hydrogens (tertiary/aromatic N) is 1. The third-order valence-electron chi connectivity index (χ3n) is 2.33. The monoisotopic (exact) mass is 256 g/mol. The zero-order valence-electron chi connectivity index (χ0n) is 8.63. The molecule has 0 spiro atoms. The van der Waals surface area contributed by atoms with Crippen LogP contribution in [0.25, 0.3) is 11.1 Å². The van der Waals surface area contributed by atoms with Gasteiger partial charge in [0.25, 0.3) is 0 Å². The highest BCUT2D eigenvalue weighted by Crippen LogP contribution is 2.33. The molecule has 0 fully saturated rings. The Bertz CT molecular complexity index is 523. The molecule has 1 aromatic heterocycles. The average Bonchev–Trinajstić information content (AvgIpc) is 2.64. The Hall–Kier alpha value is -1.19. The zero-order valence-corrected chi connectivity index (χ0v) is 10.1. The molecule has 0 radical (unpaired) electrons. The SMILES string of the molecule is CCc1noc(N)c1-c1ccc(Cl)c(Cl)c1. The van der Waals surface area contributed by atoms with Crippen LogP contribution < -0.4 is 5.73 Å². The summed E-state index contributed by atoms with van der Waals surface area (Å²) in [7, 11) is 0. The first-order valence-electron chi connectivity index (χ1n) is 4.83. The summed E-state index contributed by atoms with van der Waals surface area (Å²) in [6.45, 7) is 1.98. The van der Waals surface area contributed by atoms with Crippen LogP contribution in [0.3, 0.4) is 0 Å². The van der Waals surface area contributed by atoms with Gasteiger partial charge in [0.1, 0.15) is 0 Å². The van der Waals surface area contributed by atoms with Gasteiger partial charge in [-0.2, -0.15) is 0 Å². The van der Waals surface area contributed by atoms with E-state index in [9.17, 15) is 0 Å².